The minimum Gasteiger partial charge on any atom is -0.468 e. The number of rotatable bonds is 12. The molecule has 0 heterocycles. The smallest absolute Gasteiger partial charge is 0.325 e. The number of hydrogen-bond donors (Lipinski definition) is 3. The SMILES string of the molecule is CCC(C)[C@H](NC(=O)CNC(c1ccccc1)(c1ccccc1)c1ccccc1)C(=O)NCC(=O)OC. The van der Waals surface area contributed by atoms with Crippen molar-refractivity contribution in [2.45, 2.75) is 31.8 Å². The van der Waals surface area contributed by atoms with Gasteiger partial charge in [0.2, 0.25) is 11.8 Å². The van der Waals surface area contributed by atoms with Gasteiger partial charge in [-0.1, -0.05) is 111 Å². The molecule has 0 radical (unpaired) electrons. The van der Waals surface area contributed by atoms with E-state index in [1.54, 1.807) is 0 Å². The van der Waals surface area contributed by atoms with Gasteiger partial charge in [-0.15, -0.1) is 0 Å². The van der Waals surface area contributed by atoms with E-state index in [9.17, 15) is 14.4 Å². The monoisotopic (exact) mass is 501 g/mol. The van der Waals surface area contributed by atoms with Crippen LogP contribution in [0.3, 0.4) is 0 Å². The second-order valence-corrected chi connectivity index (χ2v) is 8.93. The molecule has 3 aromatic rings. The molecule has 0 aromatic heterocycles. The van der Waals surface area contributed by atoms with Crippen LogP contribution in [0, 0.1) is 5.92 Å². The van der Waals surface area contributed by atoms with E-state index in [1.165, 1.54) is 7.11 Å². The summed E-state index contributed by atoms with van der Waals surface area (Å²) in [6.45, 7) is 3.53. The van der Waals surface area contributed by atoms with Crippen LogP contribution in [-0.4, -0.2) is 44.0 Å². The summed E-state index contributed by atoms with van der Waals surface area (Å²) in [7, 11) is 1.26. The van der Waals surface area contributed by atoms with Crippen molar-refractivity contribution < 1.29 is 19.1 Å². The molecule has 37 heavy (non-hydrogen) atoms. The highest BCUT2D eigenvalue weighted by atomic mass is 16.5. The molecular formula is C30H35N3O4. The molecule has 0 bridgehead atoms. The van der Waals surface area contributed by atoms with E-state index in [1.807, 2.05) is 105 Å². The molecule has 3 aromatic carbocycles. The maximum Gasteiger partial charge on any atom is 0.325 e. The molecule has 1 unspecified atom stereocenters. The maximum absolute atomic E-state index is 13.3. The highest BCUT2D eigenvalue weighted by Crippen LogP contribution is 2.36. The normalized spacial score (nSPS) is 12.7. The molecule has 0 aliphatic rings. The summed E-state index contributed by atoms with van der Waals surface area (Å²) in [5.41, 5.74) is 2.14. The number of hydrogen-bond acceptors (Lipinski definition) is 5. The number of esters is 1. The van der Waals surface area contributed by atoms with Gasteiger partial charge in [0.25, 0.3) is 0 Å². The lowest BCUT2D eigenvalue weighted by Gasteiger charge is -2.37. The zero-order valence-electron chi connectivity index (χ0n) is 21.6. The van der Waals surface area contributed by atoms with E-state index in [-0.39, 0.29) is 24.9 Å². The van der Waals surface area contributed by atoms with Crippen LogP contribution < -0.4 is 16.0 Å². The molecule has 2 amide bonds. The van der Waals surface area contributed by atoms with E-state index in [2.05, 4.69) is 20.7 Å². The van der Waals surface area contributed by atoms with Crippen LogP contribution in [0.5, 0.6) is 0 Å². The van der Waals surface area contributed by atoms with Crippen LogP contribution in [0.2, 0.25) is 0 Å². The van der Waals surface area contributed by atoms with E-state index >= 15 is 0 Å². The Morgan fingerprint density at radius 1 is 0.784 bits per heavy atom. The molecule has 7 nitrogen and oxygen atoms in total. The average molecular weight is 502 g/mol. The summed E-state index contributed by atoms with van der Waals surface area (Å²) in [4.78, 5) is 37.6. The van der Waals surface area contributed by atoms with Gasteiger partial charge in [0.1, 0.15) is 12.6 Å². The number of methoxy groups -OCH3 is 1. The quantitative estimate of drug-likeness (QED) is 0.261. The van der Waals surface area contributed by atoms with Crippen LogP contribution in [0.4, 0.5) is 0 Å². The molecule has 0 saturated heterocycles. The maximum atomic E-state index is 13.3. The Bertz CT molecular complexity index is 1060. The largest absolute Gasteiger partial charge is 0.468 e. The van der Waals surface area contributed by atoms with Crippen molar-refractivity contribution in [3.63, 3.8) is 0 Å². The van der Waals surface area contributed by atoms with E-state index in [4.69, 9.17) is 0 Å². The Morgan fingerprint density at radius 2 is 1.24 bits per heavy atom. The fourth-order valence-corrected chi connectivity index (χ4v) is 4.35. The number of ether oxygens (including phenoxy) is 1. The second-order valence-electron chi connectivity index (χ2n) is 8.93. The predicted molar refractivity (Wildman–Crippen MR) is 144 cm³/mol. The van der Waals surface area contributed by atoms with Gasteiger partial charge in [0.15, 0.2) is 0 Å². The average Bonchev–Trinajstić information content (AvgIpc) is 2.96. The Hall–Kier alpha value is -3.97. The van der Waals surface area contributed by atoms with Gasteiger partial charge in [0.05, 0.1) is 19.2 Å². The zero-order valence-corrected chi connectivity index (χ0v) is 21.6. The molecule has 2 atom stereocenters. The third-order valence-electron chi connectivity index (χ3n) is 6.58. The lowest BCUT2D eigenvalue weighted by Crippen LogP contribution is -2.55. The minimum absolute atomic E-state index is 0.0457. The Balaban J connectivity index is 1.90. The number of benzene rings is 3. The second kappa shape index (κ2) is 13.4. The zero-order chi connectivity index (χ0) is 26.7. The molecule has 0 aliphatic carbocycles. The molecule has 0 aliphatic heterocycles. The van der Waals surface area contributed by atoms with Crippen molar-refractivity contribution in [2.24, 2.45) is 5.92 Å². The van der Waals surface area contributed by atoms with Gasteiger partial charge in [-0.2, -0.15) is 0 Å². The first-order chi connectivity index (χ1) is 17.9. The number of nitrogens with one attached hydrogen (secondary N) is 3. The summed E-state index contributed by atoms with van der Waals surface area (Å²) in [6, 6.07) is 29.1. The molecule has 7 heteroatoms. The topological polar surface area (TPSA) is 96.5 Å². The van der Waals surface area contributed by atoms with Crippen molar-refractivity contribution in [3.8, 4) is 0 Å². The van der Waals surface area contributed by atoms with Gasteiger partial charge >= 0.3 is 5.97 Å². The first kappa shape index (κ1) is 27.6. The van der Waals surface area contributed by atoms with Gasteiger partial charge in [-0.3, -0.25) is 19.7 Å². The Morgan fingerprint density at radius 3 is 1.65 bits per heavy atom. The summed E-state index contributed by atoms with van der Waals surface area (Å²) in [6.07, 6.45) is 0.673. The number of carbonyl (C=O) groups is 3. The summed E-state index contributed by atoms with van der Waals surface area (Å²) >= 11 is 0. The summed E-state index contributed by atoms with van der Waals surface area (Å²) in [5, 5.41) is 8.95. The van der Waals surface area contributed by atoms with E-state index in [0.29, 0.717) is 6.42 Å². The number of amides is 2. The lowest BCUT2D eigenvalue weighted by molar-refractivity contribution is -0.141. The molecular weight excluding hydrogens is 466 g/mol. The molecule has 0 saturated carbocycles. The molecule has 0 fully saturated rings. The number of carbonyl (C=O) groups excluding carboxylic acids is 3. The fourth-order valence-electron chi connectivity index (χ4n) is 4.35. The van der Waals surface area contributed by atoms with E-state index in [0.717, 1.165) is 16.7 Å². The summed E-state index contributed by atoms with van der Waals surface area (Å²) < 4.78 is 4.60. The molecule has 3 rings (SSSR count). The van der Waals surface area contributed by atoms with Gasteiger partial charge in [-0.25, -0.2) is 0 Å². The first-order valence-electron chi connectivity index (χ1n) is 12.5. The van der Waals surface area contributed by atoms with Crippen LogP contribution in [0.15, 0.2) is 91.0 Å². The third kappa shape index (κ3) is 6.83. The summed E-state index contributed by atoms with van der Waals surface area (Å²) in [5.74, 6) is -1.44. The van der Waals surface area contributed by atoms with Crippen LogP contribution in [0.1, 0.15) is 37.0 Å². The van der Waals surface area contributed by atoms with Crippen LogP contribution >= 0.6 is 0 Å². The van der Waals surface area contributed by atoms with Crippen molar-refractivity contribution >= 4 is 17.8 Å². The predicted octanol–water partition coefficient (Wildman–Crippen LogP) is 3.39. The van der Waals surface area contributed by atoms with Gasteiger partial charge in [0, 0.05) is 0 Å². The third-order valence-corrected chi connectivity index (χ3v) is 6.58. The van der Waals surface area contributed by atoms with Gasteiger partial charge < -0.3 is 15.4 Å². The molecule has 194 valence electrons. The molecule has 0 spiro atoms. The van der Waals surface area contributed by atoms with E-state index < -0.39 is 23.5 Å². The van der Waals surface area contributed by atoms with Crippen molar-refractivity contribution in [1.82, 2.24) is 16.0 Å². The standard InChI is InChI=1S/C30H35N3O4/c1-4-22(2)28(29(36)31-21-27(35)37-3)33-26(34)20-32-30(23-14-8-5-9-15-23,24-16-10-6-11-17-24)25-18-12-7-13-19-25/h5-19,22,28,32H,4,20-21H2,1-3H3,(H,31,36)(H,33,34)/t22?,28-/m0/s1. The van der Waals surface area contributed by atoms with Crippen molar-refractivity contribution in [3.05, 3.63) is 108 Å². The Kier molecular flexibility index (Phi) is 9.98. The molecule has 3 N–H and O–H groups in total. The minimum atomic E-state index is -0.805. The highest BCUT2D eigenvalue weighted by Gasteiger charge is 2.36. The fraction of sp³-hybridized carbons (Fsp3) is 0.300. The van der Waals surface area contributed by atoms with Crippen molar-refractivity contribution in [2.75, 3.05) is 20.2 Å². The van der Waals surface area contributed by atoms with Crippen LogP contribution in [0.25, 0.3) is 0 Å². The highest BCUT2D eigenvalue weighted by molar-refractivity contribution is 5.90. The first-order valence-corrected chi connectivity index (χ1v) is 12.5. The van der Waals surface area contributed by atoms with Crippen molar-refractivity contribution in [1.29, 1.82) is 0 Å². The lowest BCUT2D eigenvalue weighted by atomic mass is 9.77. The van der Waals surface area contributed by atoms with Gasteiger partial charge in [-0.05, 0) is 22.6 Å². The Labute approximate surface area is 218 Å². The van der Waals surface area contributed by atoms with Crippen LogP contribution in [-0.2, 0) is 24.7 Å².